The number of nitrogens with zero attached hydrogens (tertiary/aromatic N) is 1. The first-order valence-corrected chi connectivity index (χ1v) is 8.95. The van der Waals surface area contributed by atoms with Crippen LogP contribution in [0.3, 0.4) is 0 Å². The van der Waals surface area contributed by atoms with Gasteiger partial charge in [-0.3, -0.25) is 10.1 Å². The average Bonchev–Trinajstić information content (AvgIpc) is 2.93. The predicted molar refractivity (Wildman–Crippen MR) is 82.3 cm³/mol. The Balaban J connectivity index is 2.30. The fourth-order valence-electron chi connectivity index (χ4n) is 2.60. The number of thiophene rings is 1. The van der Waals surface area contributed by atoms with Crippen LogP contribution in [-0.4, -0.2) is 26.4 Å². The predicted octanol–water partition coefficient (Wildman–Crippen LogP) is 2.56. The molecule has 118 valence electrons. The molecule has 1 fully saturated rings. The van der Waals surface area contributed by atoms with Crippen LogP contribution in [0.4, 0.5) is 10.7 Å². The molecule has 1 aliphatic carbocycles. The van der Waals surface area contributed by atoms with E-state index in [4.69, 9.17) is 0 Å². The largest absolute Gasteiger partial charge is 0.374 e. The molecule has 0 amide bonds. The van der Waals surface area contributed by atoms with Crippen molar-refractivity contribution in [1.82, 2.24) is 4.72 Å². The van der Waals surface area contributed by atoms with Crippen molar-refractivity contribution in [2.45, 2.75) is 43.4 Å². The maximum Gasteiger partial charge on any atom is 0.304 e. The summed E-state index contributed by atoms with van der Waals surface area (Å²) in [5.74, 6) is 0. The maximum atomic E-state index is 12.4. The Morgan fingerprint density at radius 1 is 1.48 bits per heavy atom. The van der Waals surface area contributed by atoms with Crippen LogP contribution < -0.4 is 10.0 Å². The van der Waals surface area contributed by atoms with Crippen LogP contribution >= 0.6 is 11.3 Å². The van der Waals surface area contributed by atoms with Gasteiger partial charge < -0.3 is 5.32 Å². The summed E-state index contributed by atoms with van der Waals surface area (Å²) in [6.07, 6.45) is 2.73. The van der Waals surface area contributed by atoms with Crippen molar-refractivity contribution in [2.24, 2.45) is 5.41 Å². The number of nitro groups is 1. The topological polar surface area (TPSA) is 101 Å². The van der Waals surface area contributed by atoms with Crippen molar-refractivity contribution in [1.29, 1.82) is 0 Å². The first kappa shape index (κ1) is 16.2. The van der Waals surface area contributed by atoms with E-state index >= 15 is 0 Å². The molecule has 0 radical (unpaired) electrons. The zero-order valence-corrected chi connectivity index (χ0v) is 13.8. The minimum absolute atomic E-state index is 0.0266. The van der Waals surface area contributed by atoms with Gasteiger partial charge >= 0.3 is 5.69 Å². The molecule has 1 aromatic rings. The third kappa shape index (κ3) is 3.19. The smallest absolute Gasteiger partial charge is 0.304 e. The van der Waals surface area contributed by atoms with E-state index < -0.39 is 14.9 Å². The van der Waals surface area contributed by atoms with Crippen LogP contribution in [-0.2, 0) is 10.0 Å². The highest BCUT2D eigenvalue weighted by molar-refractivity contribution is 7.91. The van der Waals surface area contributed by atoms with Crippen LogP contribution in [0, 0.1) is 15.5 Å². The lowest BCUT2D eigenvalue weighted by Gasteiger charge is -2.27. The normalized spacial score (nSPS) is 21.4. The summed E-state index contributed by atoms with van der Waals surface area (Å²) < 4.78 is 27.5. The summed E-state index contributed by atoms with van der Waals surface area (Å²) in [4.78, 5) is 10.3. The van der Waals surface area contributed by atoms with Gasteiger partial charge in [-0.15, -0.1) is 0 Å². The summed E-state index contributed by atoms with van der Waals surface area (Å²) in [7, 11) is -2.21. The average molecular weight is 333 g/mol. The molecule has 0 aromatic carbocycles. The second kappa shape index (κ2) is 5.54. The molecule has 1 saturated carbocycles. The summed E-state index contributed by atoms with van der Waals surface area (Å²) in [5.41, 5.74) is -0.309. The number of hydrogen-bond acceptors (Lipinski definition) is 6. The van der Waals surface area contributed by atoms with Gasteiger partial charge in [-0.2, -0.15) is 0 Å². The van der Waals surface area contributed by atoms with Gasteiger partial charge in [0.1, 0.15) is 4.21 Å². The molecule has 9 heteroatoms. The Morgan fingerprint density at radius 3 is 2.57 bits per heavy atom. The summed E-state index contributed by atoms with van der Waals surface area (Å²) >= 11 is 0.875. The van der Waals surface area contributed by atoms with Crippen LogP contribution in [0.1, 0.15) is 33.1 Å². The monoisotopic (exact) mass is 333 g/mol. The lowest BCUT2D eigenvalue weighted by Crippen LogP contribution is -2.41. The first-order valence-electron chi connectivity index (χ1n) is 6.66. The van der Waals surface area contributed by atoms with Crippen molar-refractivity contribution < 1.29 is 13.3 Å². The number of sulfonamides is 1. The highest BCUT2D eigenvalue weighted by Gasteiger charge is 2.38. The van der Waals surface area contributed by atoms with Gasteiger partial charge in [0.15, 0.2) is 5.00 Å². The Hall–Kier alpha value is -1.19. The fraction of sp³-hybridized carbons (Fsp3) is 0.667. The summed E-state index contributed by atoms with van der Waals surface area (Å²) in [6, 6.07) is 0.975. The zero-order valence-electron chi connectivity index (χ0n) is 12.2. The standard InChI is InChI=1S/C12H19N3O4S2/c1-12(2)6-4-5-9(12)14-21(18,19)10-7-8(15(16)17)11(13-3)20-10/h7,9,13-14H,4-6H2,1-3H3. The molecule has 1 atom stereocenters. The highest BCUT2D eigenvalue weighted by atomic mass is 32.2. The second-order valence-corrected chi connectivity index (χ2v) is 8.83. The molecule has 1 heterocycles. The second-order valence-electron chi connectivity index (χ2n) is 5.84. The molecule has 0 bridgehead atoms. The number of nitrogens with one attached hydrogen (secondary N) is 2. The van der Waals surface area contributed by atoms with Gasteiger partial charge in [0.2, 0.25) is 0 Å². The zero-order chi connectivity index (χ0) is 15.8. The van der Waals surface area contributed by atoms with Gasteiger partial charge in [-0.05, 0) is 18.3 Å². The van der Waals surface area contributed by atoms with Crippen molar-refractivity contribution in [2.75, 3.05) is 12.4 Å². The van der Waals surface area contributed by atoms with E-state index in [0.717, 1.165) is 36.7 Å². The van der Waals surface area contributed by atoms with E-state index in [0.29, 0.717) is 0 Å². The minimum atomic E-state index is -3.74. The van der Waals surface area contributed by atoms with Crippen LogP contribution in [0.5, 0.6) is 0 Å². The van der Waals surface area contributed by atoms with E-state index in [9.17, 15) is 18.5 Å². The van der Waals surface area contributed by atoms with Gasteiger partial charge in [0.25, 0.3) is 10.0 Å². The first-order chi connectivity index (χ1) is 9.67. The number of anilines is 1. The molecule has 0 aliphatic heterocycles. The van der Waals surface area contributed by atoms with Crippen LogP contribution in [0.25, 0.3) is 0 Å². The minimum Gasteiger partial charge on any atom is -0.374 e. The molecule has 1 aliphatic rings. The number of rotatable bonds is 5. The molecular weight excluding hydrogens is 314 g/mol. The van der Waals surface area contributed by atoms with E-state index in [1.807, 2.05) is 13.8 Å². The van der Waals surface area contributed by atoms with Crippen molar-refractivity contribution in [3.05, 3.63) is 16.2 Å². The molecule has 2 N–H and O–H groups in total. The lowest BCUT2D eigenvalue weighted by molar-refractivity contribution is -0.383. The quantitative estimate of drug-likeness (QED) is 0.637. The van der Waals surface area contributed by atoms with E-state index in [1.165, 1.54) is 7.05 Å². The molecular formula is C12H19N3O4S2. The molecule has 0 saturated heterocycles. The van der Waals surface area contributed by atoms with Gasteiger partial charge in [0, 0.05) is 19.2 Å². The third-order valence-electron chi connectivity index (χ3n) is 3.93. The Morgan fingerprint density at radius 2 is 2.14 bits per heavy atom. The van der Waals surface area contributed by atoms with E-state index in [2.05, 4.69) is 10.0 Å². The molecule has 1 aromatic heterocycles. The summed E-state index contributed by atoms with van der Waals surface area (Å²) in [5, 5.41) is 13.8. The van der Waals surface area contributed by atoms with Gasteiger partial charge in [-0.1, -0.05) is 31.6 Å². The lowest BCUT2D eigenvalue weighted by atomic mass is 9.88. The molecule has 7 nitrogen and oxygen atoms in total. The Labute approximate surface area is 127 Å². The van der Waals surface area contributed by atoms with Crippen molar-refractivity contribution in [3.63, 3.8) is 0 Å². The molecule has 1 unspecified atom stereocenters. The highest BCUT2D eigenvalue weighted by Crippen LogP contribution is 2.40. The molecule has 2 rings (SSSR count). The Bertz CT molecular complexity index is 651. The SMILES string of the molecule is CNc1sc(S(=O)(=O)NC2CCCC2(C)C)cc1[N+](=O)[O-]. The van der Waals surface area contributed by atoms with Gasteiger partial charge in [0.05, 0.1) is 4.92 Å². The molecule has 0 spiro atoms. The van der Waals surface area contributed by atoms with Crippen LogP contribution in [0.2, 0.25) is 0 Å². The third-order valence-corrected chi connectivity index (χ3v) is 7.02. The molecule has 21 heavy (non-hydrogen) atoms. The number of hydrogen-bond donors (Lipinski definition) is 2. The van der Waals surface area contributed by atoms with Crippen molar-refractivity contribution >= 4 is 32.0 Å². The van der Waals surface area contributed by atoms with E-state index in [-0.39, 0.29) is 26.4 Å². The maximum absolute atomic E-state index is 12.4. The Kier molecular flexibility index (Phi) is 4.27. The van der Waals surface area contributed by atoms with E-state index in [1.54, 1.807) is 0 Å². The van der Waals surface area contributed by atoms with Crippen molar-refractivity contribution in [3.8, 4) is 0 Å². The van der Waals surface area contributed by atoms with Gasteiger partial charge in [-0.25, -0.2) is 13.1 Å². The fourth-order valence-corrected chi connectivity index (χ4v) is 5.34. The summed E-state index contributed by atoms with van der Waals surface area (Å²) in [6.45, 7) is 4.06. The van der Waals surface area contributed by atoms with Crippen LogP contribution in [0.15, 0.2) is 10.3 Å².